The van der Waals surface area contributed by atoms with Gasteiger partial charge in [0.15, 0.2) is 12.3 Å². The molecule has 3 rings (SSSR count). The van der Waals surface area contributed by atoms with Crippen LogP contribution in [-0.2, 0) is 9.53 Å². The normalized spacial score (nSPS) is 10.3. The van der Waals surface area contributed by atoms with Gasteiger partial charge in [-0.1, -0.05) is 29.8 Å². The summed E-state index contributed by atoms with van der Waals surface area (Å²) in [4.78, 5) is 28.6. The molecule has 0 aliphatic heterocycles. The van der Waals surface area contributed by atoms with Crippen LogP contribution in [0.2, 0.25) is 0 Å². The topological polar surface area (TPSA) is 86.8 Å². The lowest BCUT2D eigenvalue weighted by molar-refractivity contribution is -0.119. The first-order valence-electron chi connectivity index (χ1n) is 8.71. The number of aromatic nitrogens is 1. The molecule has 0 saturated carbocycles. The third-order valence-electron chi connectivity index (χ3n) is 4.03. The van der Waals surface area contributed by atoms with Gasteiger partial charge < -0.3 is 19.5 Å². The summed E-state index contributed by atoms with van der Waals surface area (Å²) in [5.41, 5.74) is 2.68. The van der Waals surface area contributed by atoms with Crippen LogP contribution < -0.4 is 14.8 Å². The predicted molar refractivity (Wildman–Crippen MR) is 111 cm³/mol. The van der Waals surface area contributed by atoms with Crippen LogP contribution in [-0.4, -0.2) is 37.7 Å². The number of hydrogen-bond donors (Lipinski definition) is 1. The average molecular weight is 412 g/mol. The van der Waals surface area contributed by atoms with Crippen molar-refractivity contribution >= 4 is 28.9 Å². The Hall–Kier alpha value is -3.39. The lowest BCUT2D eigenvalue weighted by Gasteiger charge is -2.11. The van der Waals surface area contributed by atoms with Gasteiger partial charge in [0.2, 0.25) is 0 Å². The van der Waals surface area contributed by atoms with Gasteiger partial charge in [0.25, 0.3) is 5.91 Å². The summed E-state index contributed by atoms with van der Waals surface area (Å²) in [6, 6.07) is 12.8. The van der Waals surface area contributed by atoms with E-state index in [0.717, 1.165) is 11.1 Å². The number of hydrogen-bond acceptors (Lipinski definition) is 7. The fraction of sp³-hybridized carbons (Fsp3) is 0.190. The number of anilines is 1. The maximum atomic E-state index is 12.2. The number of benzene rings is 2. The van der Waals surface area contributed by atoms with Crippen molar-refractivity contribution in [1.29, 1.82) is 0 Å². The molecule has 0 saturated heterocycles. The third kappa shape index (κ3) is 5.11. The number of carbonyl (C=O) groups excluding carboxylic acids is 2. The molecule has 150 valence electrons. The quantitative estimate of drug-likeness (QED) is 0.592. The van der Waals surface area contributed by atoms with E-state index < -0.39 is 18.5 Å². The van der Waals surface area contributed by atoms with E-state index in [1.807, 2.05) is 31.2 Å². The van der Waals surface area contributed by atoms with Crippen molar-refractivity contribution < 1.29 is 23.8 Å². The number of nitrogens with one attached hydrogen (secondary N) is 1. The van der Waals surface area contributed by atoms with Crippen molar-refractivity contribution in [2.24, 2.45) is 0 Å². The van der Waals surface area contributed by atoms with Crippen LogP contribution >= 0.6 is 11.3 Å². The summed E-state index contributed by atoms with van der Waals surface area (Å²) in [5, 5.41) is 4.97. The molecule has 1 aromatic heterocycles. The SMILES string of the molecule is COc1ccc(NC(=O)COC(=O)c2csc(-c3ccc(C)cc3)n2)c(OC)c1. The van der Waals surface area contributed by atoms with Crippen molar-refractivity contribution in [2.45, 2.75) is 6.92 Å². The molecule has 0 unspecified atom stereocenters. The number of ether oxygens (including phenoxy) is 3. The van der Waals surface area contributed by atoms with Gasteiger partial charge >= 0.3 is 5.97 Å². The van der Waals surface area contributed by atoms with Crippen LogP contribution in [0.3, 0.4) is 0 Å². The maximum Gasteiger partial charge on any atom is 0.358 e. The molecule has 0 aliphatic carbocycles. The second-order valence-corrected chi connectivity index (χ2v) is 6.95. The van der Waals surface area contributed by atoms with E-state index in [4.69, 9.17) is 14.2 Å². The molecule has 8 heteroatoms. The Morgan fingerprint density at radius 3 is 2.52 bits per heavy atom. The Morgan fingerprint density at radius 2 is 1.83 bits per heavy atom. The smallest absolute Gasteiger partial charge is 0.358 e. The second-order valence-electron chi connectivity index (χ2n) is 6.09. The molecule has 7 nitrogen and oxygen atoms in total. The van der Waals surface area contributed by atoms with Gasteiger partial charge in [0, 0.05) is 17.0 Å². The van der Waals surface area contributed by atoms with Crippen molar-refractivity contribution in [3.05, 3.63) is 59.1 Å². The molecule has 1 heterocycles. The number of aryl methyl sites for hydroxylation is 1. The number of rotatable bonds is 7. The monoisotopic (exact) mass is 412 g/mol. The Labute approximate surface area is 172 Å². The summed E-state index contributed by atoms with van der Waals surface area (Å²) in [7, 11) is 3.02. The average Bonchev–Trinajstić information content (AvgIpc) is 3.23. The van der Waals surface area contributed by atoms with Crippen molar-refractivity contribution in [1.82, 2.24) is 4.98 Å². The summed E-state index contributed by atoms with van der Waals surface area (Å²) in [6.07, 6.45) is 0. The van der Waals surface area contributed by atoms with E-state index in [1.54, 1.807) is 23.6 Å². The zero-order valence-corrected chi connectivity index (χ0v) is 17.0. The lowest BCUT2D eigenvalue weighted by atomic mass is 10.2. The Morgan fingerprint density at radius 1 is 1.07 bits per heavy atom. The fourth-order valence-corrected chi connectivity index (χ4v) is 3.28. The summed E-state index contributed by atoms with van der Waals surface area (Å²) >= 11 is 1.34. The number of amides is 1. The number of nitrogens with zero attached hydrogens (tertiary/aromatic N) is 1. The van der Waals surface area contributed by atoms with Crippen LogP contribution in [0.15, 0.2) is 47.8 Å². The largest absolute Gasteiger partial charge is 0.497 e. The highest BCUT2D eigenvalue weighted by molar-refractivity contribution is 7.13. The standard InChI is InChI=1S/C21H20N2O5S/c1-13-4-6-14(7-5-13)20-23-17(12-29-20)21(25)28-11-19(24)22-16-9-8-15(26-2)10-18(16)27-3/h4-10,12H,11H2,1-3H3,(H,22,24). The van der Waals surface area contributed by atoms with E-state index in [0.29, 0.717) is 22.2 Å². The molecule has 0 bridgehead atoms. The van der Waals surface area contributed by atoms with E-state index in [9.17, 15) is 9.59 Å². The minimum absolute atomic E-state index is 0.167. The molecule has 2 aromatic carbocycles. The second kappa shape index (κ2) is 9.20. The number of thiazole rings is 1. The van der Waals surface area contributed by atoms with Gasteiger partial charge in [-0.2, -0.15) is 0 Å². The molecule has 1 amide bonds. The molecule has 0 spiro atoms. The van der Waals surface area contributed by atoms with Gasteiger partial charge in [-0.15, -0.1) is 11.3 Å². The number of methoxy groups -OCH3 is 2. The molecule has 29 heavy (non-hydrogen) atoms. The van der Waals surface area contributed by atoms with Crippen LogP contribution in [0.1, 0.15) is 16.1 Å². The predicted octanol–water partition coefficient (Wildman–Crippen LogP) is 3.93. The number of carbonyl (C=O) groups is 2. The maximum absolute atomic E-state index is 12.2. The third-order valence-corrected chi connectivity index (χ3v) is 4.92. The Balaban J connectivity index is 1.58. The highest BCUT2D eigenvalue weighted by Gasteiger charge is 2.16. The van der Waals surface area contributed by atoms with Crippen molar-refractivity contribution in [2.75, 3.05) is 26.1 Å². The molecule has 0 aliphatic rings. The minimum atomic E-state index is -0.656. The Kier molecular flexibility index (Phi) is 6.46. The van der Waals surface area contributed by atoms with E-state index in [-0.39, 0.29) is 5.69 Å². The van der Waals surface area contributed by atoms with E-state index >= 15 is 0 Å². The molecular formula is C21H20N2O5S. The highest BCUT2D eigenvalue weighted by atomic mass is 32.1. The number of esters is 1. The van der Waals surface area contributed by atoms with Gasteiger partial charge in [-0.25, -0.2) is 9.78 Å². The van der Waals surface area contributed by atoms with Crippen molar-refractivity contribution in [3.63, 3.8) is 0 Å². The molecule has 1 N–H and O–H groups in total. The highest BCUT2D eigenvalue weighted by Crippen LogP contribution is 2.29. The first-order chi connectivity index (χ1) is 14.0. The Bertz CT molecular complexity index is 1010. The molecule has 3 aromatic rings. The van der Waals surface area contributed by atoms with Gasteiger partial charge in [-0.3, -0.25) is 4.79 Å². The van der Waals surface area contributed by atoms with Gasteiger partial charge in [0.1, 0.15) is 16.5 Å². The van der Waals surface area contributed by atoms with Gasteiger partial charge in [-0.05, 0) is 19.1 Å². The molecule has 0 atom stereocenters. The molecule has 0 fully saturated rings. The van der Waals surface area contributed by atoms with Crippen molar-refractivity contribution in [3.8, 4) is 22.1 Å². The van der Waals surface area contributed by atoms with Crippen LogP contribution in [0.4, 0.5) is 5.69 Å². The van der Waals surface area contributed by atoms with E-state index in [1.165, 1.54) is 25.6 Å². The molecular weight excluding hydrogens is 392 g/mol. The summed E-state index contributed by atoms with van der Waals surface area (Å²) < 4.78 is 15.4. The molecule has 0 radical (unpaired) electrons. The van der Waals surface area contributed by atoms with E-state index in [2.05, 4.69) is 10.3 Å². The zero-order valence-electron chi connectivity index (χ0n) is 16.2. The van der Waals surface area contributed by atoms with Crippen LogP contribution in [0, 0.1) is 6.92 Å². The summed E-state index contributed by atoms with van der Waals surface area (Å²) in [6.45, 7) is 1.56. The summed E-state index contributed by atoms with van der Waals surface area (Å²) in [5.74, 6) is -0.113. The first kappa shape index (κ1) is 20.3. The lowest BCUT2D eigenvalue weighted by Crippen LogP contribution is -2.21. The first-order valence-corrected chi connectivity index (χ1v) is 9.59. The van der Waals surface area contributed by atoms with Crippen LogP contribution in [0.25, 0.3) is 10.6 Å². The van der Waals surface area contributed by atoms with Crippen LogP contribution in [0.5, 0.6) is 11.5 Å². The minimum Gasteiger partial charge on any atom is -0.497 e. The van der Waals surface area contributed by atoms with Gasteiger partial charge in [0.05, 0.1) is 19.9 Å². The fourth-order valence-electron chi connectivity index (χ4n) is 2.49. The zero-order chi connectivity index (χ0) is 20.8.